The van der Waals surface area contributed by atoms with E-state index in [1.54, 1.807) is 13.2 Å². The van der Waals surface area contributed by atoms with Gasteiger partial charge in [0.2, 0.25) is 10.0 Å². The highest BCUT2D eigenvalue weighted by atomic mass is 32.2. The van der Waals surface area contributed by atoms with Gasteiger partial charge in [0, 0.05) is 25.4 Å². The fraction of sp³-hybridized carbons (Fsp3) is 0.357. The zero-order valence-electron chi connectivity index (χ0n) is 12.9. The summed E-state index contributed by atoms with van der Waals surface area (Å²) < 4.78 is 24.6. The molecule has 0 spiro atoms. The first-order valence-electron chi connectivity index (χ1n) is 7.03. The zero-order chi connectivity index (χ0) is 16.6. The van der Waals surface area contributed by atoms with Gasteiger partial charge in [-0.3, -0.25) is 14.9 Å². The third-order valence-electron chi connectivity index (χ3n) is 3.77. The van der Waals surface area contributed by atoms with Crippen LogP contribution in [0.25, 0.3) is 0 Å². The van der Waals surface area contributed by atoms with Crippen molar-refractivity contribution in [2.45, 2.75) is 19.6 Å². The summed E-state index contributed by atoms with van der Waals surface area (Å²) in [5, 5.41) is 6.83. The Kier molecular flexibility index (Phi) is 3.90. The van der Waals surface area contributed by atoms with Crippen molar-refractivity contribution in [1.29, 1.82) is 0 Å². The Morgan fingerprint density at radius 3 is 2.83 bits per heavy atom. The summed E-state index contributed by atoms with van der Waals surface area (Å²) in [6, 6.07) is 5.51. The molecule has 122 valence electrons. The molecular weight excluding hydrogens is 318 g/mol. The van der Waals surface area contributed by atoms with Gasteiger partial charge in [0.25, 0.3) is 5.91 Å². The van der Waals surface area contributed by atoms with Crippen LogP contribution >= 0.6 is 0 Å². The van der Waals surface area contributed by atoms with E-state index in [1.807, 2.05) is 18.2 Å². The van der Waals surface area contributed by atoms with Gasteiger partial charge in [-0.25, -0.2) is 8.42 Å². The normalized spacial score (nSPS) is 14.7. The van der Waals surface area contributed by atoms with E-state index in [9.17, 15) is 13.2 Å². The highest BCUT2D eigenvalue weighted by molar-refractivity contribution is 7.88. The van der Waals surface area contributed by atoms with E-state index in [-0.39, 0.29) is 24.7 Å². The molecule has 0 aromatic carbocycles. The maximum Gasteiger partial charge on any atom is 0.274 e. The second-order valence-corrected chi connectivity index (χ2v) is 7.53. The molecular formula is C14H17N5O3S. The molecule has 1 aliphatic rings. The minimum atomic E-state index is -3.30. The van der Waals surface area contributed by atoms with E-state index in [0.29, 0.717) is 17.8 Å². The molecule has 0 fully saturated rings. The number of amides is 1. The van der Waals surface area contributed by atoms with Crippen molar-refractivity contribution in [3.63, 3.8) is 0 Å². The lowest BCUT2D eigenvalue weighted by molar-refractivity contribution is 0.0776. The van der Waals surface area contributed by atoms with Crippen LogP contribution in [-0.2, 0) is 29.7 Å². The third-order valence-corrected chi connectivity index (χ3v) is 4.96. The number of sulfonamides is 1. The average molecular weight is 335 g/mol. The highest BCUT2D eigenvalue weighted by Gasteiger charge is 2.33. The summed E-state index contributed by atoms with van der Waals surface area (Å²) >= 11 is 0. The fourth-order valence-electron chi connectivity index (χ4n) is 2.51. The molecule has 2 aromatic heterocycles. The summed E-state index contributed by atoms with van der Waals surface area (Å²) in [6.07, 6.45) is 2.82. The number of carbonyl (C=O) groups excluding carboxylic acids is 1. The molecule has 1 amide bonds. The molecule has 0 saturated heterocycles. The predicted octanol–water partition coefficient (Wildman–Crippen LogP) is 0.352. The van der Waals surface area contributed by atoms with Gasteiger partial charge in [-0.15, -0.1) is 0 Å². The average Bonchev–Trinajstić information content (AvgIpc) is 3.07. The van der Waals surface area contributed by atoms with E-state index < -0.39 is 10.0 Å². The Bertz CT molecular complexity index is 831. The summed E-state index contributed by atoms with van der Waals surface area (Å²) in [5.74, 6) is -0.261. The van der Waals surface area contributed by atoms with Crippen LogP contribution < -0.4 is 0 Å². The van der Waals surface area contributed by atoms with Crippen LogP contribution in [0.4, 0.5) is 0 Å². The number of fused-ring (bicyclic) bond motifs is 1. The number of H-pyrrole nitrogens is 1. The first-order valence-corrected chi connectivity index (χ1v) is 8.87. The van der Waals surface area contributed by atoms with Gasteiger partial charge < -0.3 is 4.90 Å². The van der Waals surface area contributed by atoms with Crippen molar-refractivity contribution < 1.29 is 13.2 Å². The number of nitrogens with zero attached hydrogens (tertiary/aromatic N) is 4. The number of carbonyl (C=O) groups is 1. The lowest BCUT2D eigenvalue weighted by Crippen LogP contribution is -2.29. The van der Waals surface area contributed by atoms with E-state index in [2.05, 4.69) is 15.2 Å². The Hall–Kier alpha value is -2.26. The maximum absolute atomic E-state index is 12.6. The standard InChI is InChI=1S/C14H17N5O3S/c1-18(7-10-5-3-4-6-15-10)14(20)13-11-8-19(23(2,21)22)9-12(11)16-17-13/h3-6H,7-9H2,1-2H3,(H,16,17). The number of aromatic nitrogens is 3. The predicted molar refractivity (Wildman–Crippen MR) is 82.7 cm³/mol. The van der Waals surface area contributed by atoms with Crippen LogP contribution in [0.1, 0.15) is 27.4 Å². The Balaban J connectivity index is 1.78. The number of hydrogen-bond donors (Lipinski definition) is 1. The SMILES string of the molecule is CN(Cc1ccccn1)C(=O)c1n[nH]c2c1CN(S(C)(=O)=O)C2. The Labute approximate surface area is 134 Å². The molecule has 1 aliphatic heterocycles. The van der Waals surface area contributed by atoms with Crippen molar-refractivity contribution in [3.05, 3.63) is 47.0 Å². The summed E-state index contributed by atoms with van der Waals surface area (Å²) in [4.78, 5) is 18.3. The minimum Gasteiger partial charge on any atom is -0.334 e. The molecule has 9 heteroatoms. The van der Waals surface area contributed by atoms with Crippen molar-refractivity contribution in [2.24, 2.45) is 0 Å². The molecule has 8 nitrogen and oxygen atoms in total. The highest BCUT2D eigenvalue weighted by Crippen LogP contribution is 2.26. The Morgan fingerprint density at radius 1 is 1.39 bits per heavy atom. The van der Waals surface area contributed by atoms with Crippen molar-refractivity contribution in [2.75, 3.05) is 13.3 Å². The van der Waals surface area contributed by atoms with Crippen molar-refractivity contribution in [3.8, 4) is 0 Å². The number of rotatable bonds is 4. The number of nitrogens with one attached hydrogen (secondary N) is 1. The van der Waals surface area contributed by atoms with E-state index in [4.69, 9.17) is 0 Å². The molecule has 0 bridgehead atoms. The molecule has 3 rings (SSSR count). The van der Waals surface area contributed by atoms with Gasteiger partial charge >= 0.3 is 0 Å². The molecule has 0 radical (unpaired) electrons. The second kappa shape index (κ2) is 5.74. The second-order valence-electron chi connectivity index (χ2n) is 5.54. The molecule has 0 unspecified atom stereocenters. The van der Waals surface area contributed by atoms with Gasteiger partial charge in [-0.2, -0.15) is 9.40 Å². The smallest absolute Gasteiger partial charge is 0.274 e. The molecule has 1 N–H and O–H groups in total. The van der Waals surface area contributed by atoms with E-state index in [1.165, 1.54) is 9.21 Å². The number of aromatic amines is 1. The first kappa shape index (κ1) is 15.6. The Morgan fingerprint density at radius 2 is 2.17 bits per heavy atom. The van der Waals surface area contributed by atoms with Crippen LogP contribution in [0.2, 0.25) is 0 Å². The minimum absolute atomic E-state index is 0.170. The van der Waals surface area contributed by atoms with Gasteiger partial charge in [-0.05, 0) is 12.1 Å². The summed E-state index contributed by atoms with van der Waals surface area (Å²) in [6.45, 7) is 0.749. The van der Waals surface area contributed by atoms with Gasteiger partial charge in [0.1, 0.15) is 0 Å². The largest absolute Gasteiger partial charge is 0.334 e. The van der Waals surface area contributed by atoms with Crippen LogP contribution in [0.3, 0.4) is 0 Å². The maximum atomic E-state index is 12.6. The molecule has 2 aromatic rings. The van der Waals surface area contributed by atoms with E-state index >= 15 is 0 Å². The van der Waals surface area contributed by atoms with Crippen LogP contribution in [0.5, 0.6) is 0 Å². The van der Waals surface area contributed by atoms with Crippen LogP contribution in [0, 0.1) is 0 Å². The van der Waals surface area contributed by atoms with Crippen LogP contribution in [0.15, 0.2) is 24.4 Å². The third kappa shape index (κ3) is 3.10. The number of hydrogen-bond acceptors (Lipinski definition) is 5. The van der Waals surface area contributed by atoms with Gasteiger partial charge in [-0.1, -0.05) is 6.07 Å². The summed E-state index contributed by atoms with van der Waals surface area (Å²) in [5.41, 5.74) is 2.36. The molecule has 3 heterocycles. The molecule has 0 atom stereocenters. The van der Waals surface area contributed by atoms with Crippen LogP contribution in [-0.4, -0.2) is 52.0 Å². The lowest BCUT2D eigenvalue weighted by atomic mass is 10.2. The molecule has 0 aliphatic carbocycles. The van der Waals surface area contributed by atoms with Crippen molar-refractivity contribution in [1.82, 2.24) is 24.4 Å². The quantitative estimate of drug-likeness (QED) is 0.869. The topological polar surface area (TPSA) is 99.3 Å². The molecule has 23 heavy (non-hydrogen) atoms. The van der Waals surface area contributed by atoms with Gasteiger partial charge in [0.15, 0.2) is 5.69 Å². The first-order chi connectivity index (χ1) is 10.9. The lowest BCUT2D eigenvalue weighted by Gasteiger charge is -2.16. The number of pyridine rings is 1. The zero-order valence-corrected chi connectivity index (χ0v) is 13.7. The van der Waals surface area contributed by atoms with Crippen molar-refractivity contribution >= 4 is 15.9 Å². The fourth-order valence-corrected chi connectivity index (χ4v) is 3.24. The van der Waals surface area contributed by atoms with E-state index in [0.717, 1.165) is 11.9 Å². The molecule has 0 saturated carbocycles. The summed E-state index contributed by atoms with van der Waals surface area (Å²) in [7, 11) is -1.63. The van der Waals surface area contributed by atoms with Gasteiger partial charge in [0.05, 0.1) is 30.7 Å². The monoisotopic (exact) mass is 335 g/mol.